The second kappa shape index (κ2) is 8.96. The fourth-order valence-corrected chi connectivity index (χ4v) is 1.90. The van der Waals surface area contributed by atoms with Crippen LogP contribution in [0.25, 0.3) is 0 Å². The number of nitrogens with zero attached hydrogens (tertiary/aromatic N) is 3. The molecular weight excluding hydrogens is 338 g/mol. The summed E-state index contributed by atoms with van der Waals surface area (Å²) in [6.45, 7) is 0.708. The predicted molar refractivity (Wildman–Crippen MR) is 89.8 cm³/mol. The Labute approximate surface area is 142 Å². The number of nitro groups is 1. The highest BCUT2D eigenvalue weighted by atomic mass is 35.5. The number of aliphatic hydroxyl groups is 1. The number of hydrogen-bond donors (Lipinski definition) is 3. The minimum Gasteiger partial charge on any atom is -0.394 e. The SMILES string of the molecule is O=[N+]([O-])c1cnc(Nc2ccc(Cl)cc2)nc1NCCOCCO. The molecule has 9 nitrogen and oxygen atoms in total. The summed E-state index contributed by atoms with van der Waals surface area (Å²) in [5.74, 6) is 0.292. The number of benzene rings is 1. The molecule has 0 saturated heterocycles. The van der Waals surface area contributed by atoms with E-state index in [9.17, 15) is 10.1 Å². The zero-order chi connectivity index (χ0) is 17.4. The summed E-state index contributed by atoms with van der Waals surface area (Å²) in [4.78, 5) is 18.5. The fraction of sp³-hybridized carbons (Fsp3) is 0.286. The number of anilines is 3. The van der Waals surface area contributed by atoms with Crippen molar-refractivity contribution in [3.63, 3.8) is 0 Å². The lowest BCUT2D eigenvalue weighted by atomic mass is 10.3. The summed E-state index contributed by atoms with van der Waals surface area (Å²) < 4.78 is 5.09. The Bertz CT molecular complexity index is 683. The van der Waals surface area contributed by atoms with Gasteiger partial charge in [0.05, 0.1) is 24.7 Å². The van der Waals surface area contributed by atoms with Crippen molar-refractivity contribution in [2.75, 3.05) is 37.0 Å². The molecule has 0 amide bonds. The second-order valence-electron chi connectivity index (χ2n) is 4.58. The van der Waals surface area contributed by atoms with Crippen LogP contribution in [-0.4, -0.2) is 46.4 Å². The van der Waals surface area contributed by atoms with Gasteiger partial charge in [0.25, 0.3) is 0 Å². The minimum absolute atomic E-state index is 0.0805. The molecule has 0 spiro atoms. The molecule has 24 heavy (non-hydrogen) atoms. The van der Waals surface area contributed by atoms with E-state index in [1.165, 1.54) is 0 Å². The molecule has 2 aromatic rings. The van der Waals surface area contributed by atoms with Crippen molar-refractivity contribution >= 4 is 34.7 Å². The lowest BCUT2D eigenvalue weighted by Crippen LogP contribution is -2.14. The first-order valence-electron chi connectivity index (χ1n) is 7.06. The highest BCUT2D eigenvalue weighted by Gasteiger charge is 2.17. The number of rotatable bonds is 9. The number of nitrogens with one attached hydrogen (secondary N) is 2. The van der Waals surface area contributed by atoms with Gasteiger partial charge in [-0.1, -0.05) is 11.6 Å². The Kier molecular flexibility index (Phi) is 6.67. The first kappa shape index (κ1) is 17.9. The van der Waals surface area contributed by atoms with Crippen molar-refractivity contribution in [3.8, 4) is 0 Å². The molecule has 0 saturated carbocycles. The van der Waals surface area contributed by atoms with Gasteiger partial charge in [0.15, 0.2) is 0 Å². The number of aliphatic hydroxyl groups excluding tert-OH is 1. The number of aromatic nitrogens is 2. The maximum Gasteiger partial charge on any atom is 0.329 e. The van der Waals surface area contributed by atoms with Crippen LogP contribution in [0.5, 0.6) is 0 Å². The smallest absolute Gasteiger partial charge is 0.329 e. The Balaban J connectivity index is 2.08. The number of ether oxygens (including phenoxy) is 1. The maximum atomic E-state index is 11.1. The maximum absolute atomic E-state index is 11.1. The van der Waals surface area contributed by atoms with E-state index in [-0.39, 0.29) is 37.3 Å². The molecule has 0 aliphatic carbocycles. The molecule has 1 aromatic heterocycles. The largest absolute Gasteiger partial charge is 0.394 e. The zero-order valence-corrected chi connectivity index (χ0v) is 13.4. The number of hydrogen-bond acceptors (Lipinski definition) is 8. The highest BCUT2D eigenvalue weighted by Crippen LogP contribution is 2.23. The van der Waals surface area contributed by atoms with Crippen LogP contribution in [0.2, 0.25) is 5.02 Å². The number of halogens is 1. The van der Waals surface area contributed by atoms with E-state index < -0.39 is 4.92 Å². The van der Waals surface area contributed by atoms with E-state index in [1.54, 1.807) is 24.3 Å². The van der Waals surface area contributed by atoms with Gasteiger partial charge >= 0.3 is 5.69 Å². The summed E-state index contributed by atoms with van der Waals surface area (Å²) in [7, 11) is 0. The third kappa shape index (κ3) is 5.30. The van der Waals surface area contributed by atoms with Gasteiger partial charge in [-0.25, -0.2) is 4.98 Å². The van der Waals surface area contributed by atoms with Crippen molar-refractivity contribution in [1.29, 1.82) is 0 Å². The van der Waals surface area contributed by atoms with Gasteiger partial charge < -0.3 is 20.5 Å². The normalized spacial score (nSPS) is 10.4. The molecule has 1 heterocycles. The van der Waals surface area contributed by atoms with Crippen molar-refractivity contribution in [1.82, 2.24) is 9.97 Å². The Hall–Kier alpha value is -2.49. The van der Waals surface area contributed by atoms with Crippen LogP contribution in [-0.2, 0) is 4.74 Å². The van der Waals surface area contributed by atoms with Crippen LogP contribution < -0.4 is 10.6 Å². The average molecular weight is 354 g/mol. The summed E-state index contributed by atoms with van der Waals surface area (Å²) >= 11 is 5.82. The molecule has 0 bridgehead atoms. The summed E-state index contributed by atoms with van der Waals surface area (Å²) in [6, 6.07) is 6.88. The van der Waals surface area contributed by atoms with E-state index in [2.05, 4.69) is 20.6 Å². The summed E-state index contributed by atoms with van der Waals surface area (Å²) in [5, 5.41) is 26.0. The lowest BCUT2D eigenvalue weighted by molar-refractivity contribution is -0.384. The third-order valence-corrected chi connectivity index (χ3v) is 3.09. The molecular formula is C14H16ClN5O4. The third-order valence-electron chi connectivity index (χ3n) is 2.84. The lowest BCUT2D eigenvalue weighted by Gasteiger charge is -2.09. The molecule has 1 aromatic carbocycles. The molecule has 2 rings (SSSR count). The van der Waals surface area contributed by atoms with Crippen molar-refractivity contribution < 1.29 is 14.8 Å². The van der Waals surface area contributed by atoms with Crippen LogP contribution in [0.1, 0.15) is 0 Å². The van der Waals surface area contributed by atoms with Gasteiger partial charge in [-0.3, -0.25) is 10.1 Å². The van der Waals surface area contributed by atoms with Gasteiger partial charge in [0.2, 0.25) is 11.8 Å². The fourth-order valence-electron chi connectivity index (χ4n) is 1.77. The van der Waals surface area contributed by atoms with Crippen LogP contribution in [0.3, 0.4) is 0 Å². The summed E-state index contributed by atoms with van der Waals surface area (Å²) in [5.41, 5.74) is 0.462. The zero-order valence-electron chi connectivity index (χ0n) is 12.6. The van der Waals surface area contributed by atoms with Crippen LogP contribution in [0.15, 0.2) is 30.5 Å². The van der Waals surface area contributed by atoms with E-state index in [0.717, 1.165) is 6.20 Å². The Morgan fingerprint density at radius 3 is 2.71 bits per heavy atom. The Morgan fingerprint density at radius 2 is 2.04 bits per heavy atom. The summed E-state index contributed by atoms with van der Waals surface area (Å²) in [6.07, 6.45) is 1.13. The van der Waals surface area contributed by atoms with Crippen molar-refractivity contribution in [2.24, 2.45) is 0 Å². The first-order valence-corrected chi connectivity index (χ1v) is 7.44. The van der Waals surface area contributed by atoms with Crippen molar-refractivity contribution in [3.05, 3.63) is 45.6 Å². The molecule has 3 N–H and O–H groups in total. The van der Waals surface area contributed by atoms with E-state index in [1.807, 2.05) is 0 Å². The quantitative estimate of drug-likeness (QED) is 0.356. The first-order chi connectivity index (χ1) is 11.6. The minimum atomic E-state index is -0.566. The average Bonchev–Trinajstić information content (AvgIpc) is 2.57. The molecule has 0 unspecified atom stereocenters. The Morgan fingerprint density at radius 1 is 1.29 bits per heavy atom. The van der Waals surface area contributed by atoms with Gasteiger partial charge in [0, 0.05) is 17.3 Å². The van der Waals surface area contributed by atoms with Crippen LogP contribution in [0.4, 0.5) is 23.1 Å². The molecule has 0 aliphatic heterocycles. The molecule has 0 radical (unpaired) electrons. The molecule has 0 atom stereocenters. The van der Waals surface area contributed by atoms with Gasteiger partial charge in [-0.2, -0.15) is 4.98 Å². The molecule has 10 heteroatoms. The highest BCUT2D eigenvalue weighted by molar-refractivity contribution is 6.30. The predicted octanol–water partition coefficient (Wildman–Crippen LogP) is 2.20. The topological polar surface area (TPSA) is 122 Å². The van der Waals surface area contributed by atoms with Crippen LogP contribution in [0, 0.1) is 10.1 Å². The second-order valence-corrected chi connectivity index (χ2v) is 5.02. The van der Waals surface area contributed by atoms with E-state index >= 15 is 0 Å². The molecule has 128 valence electrons. The van der Waals surface area contributed by atoms with Gasteiger partial charge in [0.1, 0.15) is 6.20 Å². The van der Waals surface area contributed by atoms with Crippen molar-refractivity contribution in [2.45, 2.75) is 0 Å². The van der Waals surface area contributed by atoms with Gasteiger partial charge in [-0.15, -0.1) is 0 Å². The van der Waals surface area contributed by atoms with Gasteiger partial charge in [-0.05, 0) is 24.3 Å². The monoisotopic (exact) mass is 353 g/mol. The molecule has 0 aliphatic rings. The van der Waals surface area contributed by atoms with E-state index in [0.29, 0.717) is 17.3 Å². The molecule has 0 fully saturated rings. The van der Waals surface area contributed by atoms with Crippen LogP contribution >= 0.6 is 11.6 Å². The standard InChI is InChI=1S/C14H16ClN5O4/c15-10-1-3-11(4-2-10)18-14-17-9-12(20(22)23)13(19-14)16-5-7-24-8-6-21/h1-4,9,21H,5-8H2,(H2,16,17,18,19). The van der Waals surface area contributed by atoms with E-state index in [4.69, 9.17) is 21.4 Å².